The summed E-state index contributed by atoms with van der Waals surface area (Å²) in [6.07, 6.45) is 2.33. The summed E-state index contributed by atoms with van der Waals surface area (Å²) in [5, 5.41) is 8.55. The van der Waals surface area contributed by atoms with Gasteiger partial charge in [0.05, 0.1) is 67.8 Å². The lowest BCUT2D eigenvalue weighted by molar-refractivity contribution is 0.0698. The predicted molar refractivity (Wildman–Crippen MR) is 104 cm³/mol. The van der Waals surface area contributed by atoms with Crippen molar-refractivity contribution in [3.8, 4) is 0 Å². The van der Waals surface area contributed by atoms with Gasteiger partial charge in [0.15, 0.2) is 0 Å². The summed E-state index contributed by atoms with van der Waals surface area (Å²) >= 11 is 0. The van der Waals surface area contributed by atoms with Gasteiger partial charge >= 0.3 is 5.97 Å². The summed E-state index contributed by atoms with van der Waals surface area (Å²) < 4.78 is 18.8. The Balaban J connectivity index is 0.000000187. The van der Waals surface area contributed by atoms with Crippen molar-refractivity contribution >= 4 is 17.3 Å². The molecule has 5 rings (SSSR count). The molecule has 4 heterocycles. The lowest BCUT2D eigenvalue weighted by Gasteiger charge is -2.01. The highest BCUT2D eigenvalue weighted by Gasteiger charge is 2.14. The number of para-hydroxylation sites is 1. The third-order valence-electron chi connectivity index (χ3n) is 3.37. The van der Waals surface area contributed by atoms with E-state index in [2.05, 4.69) is 27.7 Å². The molecule has 0 spiro atoms. The van der Waals surface area contributed by atoms with E-state index in [4.69, 9.17) is 35.5 Å². The number of benzene rings is 1. The van der Waals surface area contributed by atoms with E-state index < -0.39 is 5.97 Å². The fraction of sp³-hybridized carbons (Fsp3) is 0.632. The molecule has 8 nitrogen and oxygen atoms in total. The maximum atomic E-state index is 10.4. The van der Waals surface area contributed by atoms with Crippen LogP contribution >= 0.6 is 0 Å². The van der Waals surface area contributed by atoms with Crippen molar-refractivity contribution in [2.24, 2.45) is 0 Å². The van der Waals surface area contributed by atoms with Crippen LogP contribution in [0.2, 0.25) is 0 Å². The smallest absolute Gasteiger partial charge is 0.337 e. The van der Waals surface area contributed by atoms with Gasteiger partial charge in [-0.2, -0.15) is 0 Å². The van der Waals surface area contributed by atoms with Gasteiger partial charge in [0, 0.05) is 0 Å². The van der Waals surface area contributed by atoms with Gasteiger partial charge in [0.25, 0.3) is 0 Å². The largest absolute Gasteiger partial charge is 0.478 e. The molecule has 0 radical (unpaired) electrons. The van der Waals surface area contributed by atoms with Crippen LogP contribution in [0, 0.1) is 0 Å². The topological polar surface area (TPSA) is 139 Å². The number of ether oxygens (including phenoxy) is 4. The van der Waals surface area contributed by atoms with Crippen molar-refractivity contribution in [1.82, 2.24) is 0 Å². The van der Waals surface area contributed by atoms with E-state index >= 15 is 0 Å². The highest BCUT2D eigenvalue weighted by atomic mass is 16.6. The number of anilines is 2. The normalized spacial score (nSPS) is 27.4. The van der Waals surface area contributed by atoms with E-state index in [1.165, 1.54) is 6.07 Å². The van der Waals surface area contributed by atoms with Crippen molar-refractivity contribution in [3.05, 3.63) is 23.8 Å². The Morgan fingerprint density at radius 3 is 1.33 bits per heavy atom. The number of hydrogen-bond donors (Lipinski definition) is 3. The fourth-order valence-electron chi connectivity index (χ4n) is 1.15. The maximum absolute atomic E-state index is 10.4. The van der Waals surface area contributed by atoms with Crippen LogP contribution < -0.4 is 11.5 Å². The second kappa shape index (κ2) is 11.8. The Morgan fingerprint density at radius 1 is 0.852 bits per heavy atom. The Bertz CT molecular complexity index is 527. The van der Waals surface area contributed by atoms with Crippen molar-refractivity contribution < 1.29 is 28.8 Å². The van der Waals surface area contributed by atoms with Crippen LogP contribution in [-0.4, -0.2) is 61.9 Å². The number of hydrogen-bond acceptors (Lipinski definition) is 7. The number of nitrogen functional groups attached to an aromatic ring is 2. The van der Waals surface area contributed by atoms with E-state index in [1.807, 2.05) is 0 Å². The number of aromatic carboxylic acids is 1. The molecule has 154 valence electrons. The van der Waals surface area contributed by atoms with Crippen LogP contribution in [0.15, 0.2) is 18.2 Å². The first-order valence-corrected chi connectivity index (χ1v) is 9.04. The molecular formula is C19H32N2O6. The lowest BCUT2D eigenvalue weighted by Crippen LogP contribution is -2.04. The van der Waals surface area contributed by atoms with Gasteiger partial charge in [0.1, 0.15) is 0 Å². The second-order valence-corrected chi connectivity index (χ2v) is 6.69. The quantitative estimate of drug-likeness (QED) is 0.494. The Labute approximate surface area is 160 Å². The summed E-state index contributed by atoms with van der Waals surface area (Å²) in [7, 11) is 0. The molecule has 4 aliphatic heterocycles. The molecule has 0 amide bonds. The minimum Gasteiger partial charge on any atom is -0.478 e. The van der Waals surface area contributed by atoms with Crippen molar-refractivity contribution in [2.45, 2.75) is 52.1 Å². The predicted octanol–water partition coefficient (Wildman–Crippen LogP) is 2.17. The van der Waals surface area contributed by atoms with Crippen molar-refractivity contribution in [1.29, 1.82) is 0 Å². The van der Waals surface area contributed by atoms with E-state index in [-0.39, 0.29) is 11.3 Å². The number of epoxide rings is 4. The van der Waals surface area contributed by atoms with Crippen molar-refractivity contribution in [3.63, 3.8) is 0 Å². The maximum Gasteiger partial charge on any atom is 0.337 e. The van der Waals surface area contributed by atoms with Crippen LogP contribution in [0.3, 0.4) is 0 Å². The molecule has 27 heavy (non-hydrogen) atoms. The standard InChI is InChI=1S/C7H8N2O2.4C3H6O/c8-5-3-1-2-4(6(5)9)7(10)11;4*1-3-2-4-3/h1-3H,8-9H2,(H,10,11);4*3H,2H2,1H3. The number of carboxylic acid groups (broad SMARTS) is 1. The zero-order valence-corrected chi connectivity index (χ0v) is 16.5. The zero-order valence-electron chi connectivity index (χ0n) is 16.5. The highest BCUT2D eigenvalue weighted by molar-refractivity contribution is 5.96. The Morgan fingerprint density at radius 2 is 1.15 bits per heavy atom. The number of carbonyl (C=O) groups is 1. The third-order valence-corrected chi connectivity index (χ3v) is 3.37. The van der Waals surface area contributed by atoms with E-state index in [1.54, 1.807) is 12.1 Å². The molecular weight excluding hydrogens is 352 g/mol. The van der Waals surface area contributed by atoms with Gasteiger partial charge in [-0.3, -0.25) is 0 Å². The molecule has 0 aromatic heterocycles. The summed E-state index contributed by atoms with van der Waals surface area (Å²) in [6, 6.07) is 4.52. The molecule has 4 aliphatic rings. The third kappa shape index (κ3) is 14.9. The molecule has 1 aromatic carbocycles. The zero-order chi connectivity index (χ0) is 20.4. The molecule has 4 fully saturated rings. The number of carboxylic acids is 1. The van der Waals surface area contributed by atoms with Crippen LogP contribution in [0.25, 0.3) is 0 Å². The average molecular weight is 384 g/mol. The molecule has 4 unspecified atom stereocenters. The first-order chi connectivity index (χ1) is 12.7. The summed E-state index contributed by atoms with van der Waals surface area (Å²) in [5.74, 6) is -1.06. The van der Waals surface area contributed by atoms with Gasteiger partial charge < -0.3 is 35.5 Å². The van der Waals surface area contributed by atoms with Crippen LogP contribution in [-0.2, 0) is 18.9 Å². The monoisotopic (exact) mass is 384 g/mol. The molecule has 4 saturated heterocycles. The van der Waals surface area contributed by atoms with E-state index in [0.717, 1.165) is 26.4 Å². The highest BCUT2D eigenvalue weighted by Crippen LogP contribution is 2.18. The Kier molecular flexibility index (Phi) is 10.1. The first kappa shape index (κ1) is 23.2. The molecule has 0 saturated carbocycles. The van der Waals surface area contributed by atoms with Crippen LogP contribution in [0.5, 0.6) is 0 Å². The van der Waals surface area contributed by atoms with Crippen LogP contribution in [0.4, 0.5) is 11.4 Å². The minimum atomic E-state index is -1.06. The van der Waals surface area contributed by atoms with Crippen LogP contribution in [0.1, 0.15) is 38.1 Å². The van der Waals surface area contributed by atoms with Gasteiger partial charge in [-0.05, 0) is 39.8 Å². The number of rotatable bonds is 1. The SMILES string of the molecule is CC1CO1.CC1CO1.CC1CO1.CC1CO1.Nc1cccc(C(=O)O)c1N. The molecule has 5 N–H and O–H groups in total. The molecule has 0 bridgehead atoms. The Hall–Kier alpha value is -1.87. The number of nitrogens with two attached hydrogens (primary N) is 2. The first-order valence-electron chi connectivity index (χ1n) is 9.04. The van der Waals surface area contributed by atoms with Gasteiger partial charge in [-0.25, -0.2) is 4.79 Å². The average Bonchev–Trinajstić information content (AvgIpc) is 3.38. The second-order valence-electron chi connectivity index (χ2n) is 6.69. The van der Waals surface area contributed by atoms with Gasteiger partial charge in [0.2, 0.25) is 0 Å². The van der Waals surface area contributed by atoms with E-state index in [9.17, 15) is 4.79 Å². The molecule has 8 heteroatoms. The van der Waals surface area contributed by atoms with Crippen molar-refractivity contribution in [2.75, 3.05) is 37.9 Å². The molecule has 1 aromatic rings. The van der Waals surface area contributed by atoms with Gasteiger partial charge in [-0.15, -0.1) is 0 Å². The lowest BCUT2D eigenvalue weighted by atomic mass is 10.1. The van der Waals surface area contributed by atoms with Gasteiger partial charge in [-0.1, -0.05) is 6.07 Å². The van der Waals surface area contributed by atoms with E-state index in [0.29, 0.717) is 30.1 Å². The molecule has 0 aliphatic carbocycles. The fourth-order valence-corrected chi connectivity index (χ4v) is 1.15. The minimum absolute atomic E-state index is 0.0463. The summed E-state index contributed by atoms with van der Waals surface area (Å²) in [5.41, 5.74) is 11.2. The summed E-state index contributed by atoms with van der Waals surface area (Å²) in [4.78, 5) is 10.4. The molecule has 4 atom stereocenters. The summed E-state index contributed by atoms with van der Waals surface area (Å²) in [6.45, 7) is 12.2.